The van der Waals surface area contributed by atoms with Crippen molar-refractivity contribution in [3.63, 3.8) is 0 Å². The fraction of sp³-hybridized carbons (Fsp3) is 0.538. The third-order valence-electron chi connectivity index (χ3n) is 2.54. The maximum atomic E-state index is 11.3. The highest BCUT2D eigenvalue weighted by Gasteiger charge is 2.21. The molecule has 0 aliphatic heterocycles. The number of quaternary nitrogens is 1. The molecule has 20 heavy (non-hydrogen) atoms. The van der Waals surface area contributed by atoms with E-state index in [2.05, 4.69) is 6.58 Å². The van der Waals surface area contributed by atoms with Crippen LogP contribution < -0.4 is 0 Å². The van der Waals surface area contributed by atoms with Gasteiger partial charge in [0, 0.05) is 6.08 Å². The van der Waals surface area contributed by atoms with Gasteiger partial charge < -0.3 is 14.0 Å². The quantitative estimate of drug-likeness (QED) is 0.352. The van der Waals surface area contributed by atoms with Gasteiger partial charge in [0.1, 0.15) is 26.3 Å². The molecule has 0 atom stereocenters. The van der Waals surface area contributed by atoms with Crippen LogP contribution in [0.1, 0.15) is 0 Å². The molecule has 0 amide bonds. The van der Waals surface area contributed by atoms with Crippen molar-refractivity contribution in [3.8, 4) is 12.1 Å². The molecule has 108 valence electrons. The Morgan fingerprint density at radius 2 is 1.70 bits per heavy atom. The van der Waals surface area contributed by atoms with Crippen molar-refractivity contribution >= 4 is 11.9 Å². The topological polar surface area (TPSA) is 100 Å². The Hall–Kier alpha value is -2.38. The first kappa shape index (κ1) is 17.6. The van der Waals surface area contributed by atoms with Crippen LogP contribution in [0.5, 0.6) is 0 Å². The zero-order valence-corrected chi connectivity index (χ0v) is 11.7. The van der Waals surface area contributed by atoms with Gasteiger partial charge in [-0.3, -0.25) is 0 Å². The summed E-state index contributed by atoms with van der Waals surface area (Å²) >= 11 is 0. The van der Waals surface area contributed by atoms with Crippen LogP contribution in [0.15, 0.2) is 12.7 Å². The van der Waals surface area contributed by atoms with Gasteiger partial charge in [0.15, 0.2) is 0 Å². The molecule has 0 heterocycles. The first-order valence-electron chi connectivity index (χ1n) is 5.93. The standard InChI is InChI=1S/C13H18N3O4/c1-4-12(17)19-7-5-16(2,3)6-8-20-13(18)11(9-14)10-15/h4,11H,1,5-8H2,2-3H3/q+1. The van der Waals surface area contributed by atoms with Crippen LogP contribution in [0.3, 0.4) is 0 Å². The van der Waals surface area contributed by atoms with Gasteiger partial charge in [0.25, 0.3) is 0 Å². The summed E-state index contributed by atoms with van der Waals surface area (Å²) in [5.41, 5.74) is 0. The number of carbonyl (C=O) groups is 2. The molecule has 0 unspecified atom stereocenters. The molecule has 0 aromatic carbocycles. The minimum Gasteiger partial charge on any atom is -0.458 e. The van der Waals surface area contributed by atoms with Crippen LogP contribution in [-0.4, -0.2) is 56.8 Å². The summed E-state index contributed by atoms with van der Waals surface area (Å²) in [6.07, 6.45) is 1.09. The van der Waals surface area contributed by atoms with E-state index >= 15 is 0 Å². The lowest BCUT2D eigenvalue weighted by molar-refractivity contribution is -0.890. The van der Waals surface area contributed by atoms with Crippen molar-refractivity contribution < 1.29 is 23.5 Å². The van der Waals surface area contributed by atoms with Crippen LogP contribution in [0.4, 0.5) is 0 Å². The maximum Gasteiger partial charge on any atom is 0.338 e. The molecule has 0 radical (unpaired) electrons. The molecule has 0 fully saturated rings. The van der Waals surface area contributed by atoms with Crippen molar-refractivity contribution in [3.05, 3.63) is 12.7 Å². The number of hydrogen-bond donors (Lipinski definition) is 0. The average molecular weight is 280 g/mol. The van der Waals surface area contributed by atoms with E-state index in [0.29, 0.717) is 17.6 Å². The molecule has 0 saturated carbocycles. The lowest BCUT2D eigenvalue weighted by Crippen LogP contribution is -2.45. The van der Waals surface area contributed by atoms with Crippen molar-refractivity contribution in [1.82, 2.24) is 0 Å². The molecule has 0 aliphatic rings. The summed E-state index contributed by atoms with van der Waals surface area (Å²) in [5, 5.41) is 17.0. The first-order valence-corrected chi connectivity index (χ1v) is 5.93. The molecule has 0 saturated heterocycles. The van der Waals surface area contributed by atoms with Crippen molar-refractivity contribution in [1.29, 1.82) is 10.5 Å². The number of carbonyl (C=O) groups excluding carboxylic acids is 2. The molecule has 0 spiro atoms. The fourth-order valence-electron chi connectivity index (χ4n) is 1.18. The predicted octanol–water partition coefficient (Wildman–Crippen LogP) is -0.00144. The van der Waals surface area contributed by atoms with E-state index in [4.69, 9.17) is 20.0 Å². The van der Waals surface area contributed by atoms with Gasteiger partial charge in [0.2, 0.25) is 5.92 Å². The van der Waals surface area contributed by atoms with Gasteiger partial charge in [0.05, 0.1) is 26.2 Å². The highest BCUT2D eigenvalue weighted by Crippen LogP contribution is 2.00. The van der Waals surface area contributed by atoms with E-state index in [9.17, 15) is 9.59 Å². The summed E-state index contributed by atoms with van der Waals surface area (Å²) < 4.78 is 10.2. The number of rotatable bonds is 8. The Morgan fingerprint density at radius 3 is 2.15 bits per heavy atom. The van der Waals surface area contributed by atoms with Gasteiger partial charge in [-0.25, -0.2) is 9.59 Å². The summed E-state index contributed by atoms with van der Waals surface area (Å²) in [6.45, 7) is 4.61. The van der Waals surface area contributed by atoms with E-state index in [1.807, 2.05) is 14.1 Å². The second-order valence-corrected chi connectivity index (χ2v) is 4.61. The van der Waals surface area contributed by atoms with Gasteiger partial charge in [-0.1, -0.05) is 6.58 Å². The number of likely N-dealkylation sites (N-methyl/N-ethyl adjacent to an activating group) is 1. The Bertz CT molecular complexity index is 432. The second kappa shape index (κ2) is 8.68. The van der Waals surface area contributed by atoms with E-state index < -0.39 is 17.9 Å². The van der Waals surface area contributed by atoms with Crippen LogP contribution in [0, 0.1) is 28.6 Å². The summed E-state index contributed by atoms with van der Waals surface area (Å²) in [7, 11) is 3.75. The van der Waals surface area contributed by atoms with E-state index in [0.717, 1.165) is 6.08 Å². The zero-order chi connectivity index (χ0) is 15.6. The van der Waals surface area contributed by atoms with E-state index in [-0.39, 0.29) is 13.2 Å². The fourth-order valence-corrected chi connectivity index (χ4v) is 1.18. The molecule has 0 aliphatic carbocycles. The minimum absolute atomic E-state index is 0.0844. The molecule has 7 heteroatoms. The smallest absolute Gasteiger partial charge is 0.338 e. The molecular weight excluding hydrogens is 262 g/mol. The molecule has 0 rings (SSSR count). The van der Waals surface area contributed by atoms with Crippen molar-refractivity contribution in [2.75, 3.05) is 40.4 Å². The molecule has 7 nitrogen and oxygen atoms in total. The second-order valence-electron chi connectivity index (χ2n) is 4.61. The Balaban J connectivity index is 4.02. The average Bonchev–Trinajstić information content (AvgIpc) is 2.39. The number of ether oxygens (including phenoxy) is 2. The van der Waals surface area contributed by atoms with E-state index in [1.54, 1.807) is 12.1 Å². The number of nitrogens with zero attached hydrogens (tertiary/aromatic N) is 3. The largest absolute Gasteiger partial charge is 0.458 e. The number of hydrogen-bond acceptors (Lipinski definition) is 6. The summed E-state index contributed by atoms with van der Waals surface area (Å²) in [5.74, 6) is -2.71. The Kier molecular flexibility index (Phi) is 7.64. The van der Waals surface area contributed by atoms with E-state index in [1.165, 1.54) is 0 Å². The highest BCUT2D eigenvalue weighted by atomic mass is 16.5. The minimum atomic E-state index is -1.39. The van der Waals surface area contributed by atoms with Crippen LogP contribution in [0.25, 0.3) is 0 Å². The molecular formula is C13H18N3O4+. The molecule has 0 aromatic heterocycles. The predicted molar refractivity (Wildman–Crippen MR) is 68.7 cm³/mol. The SMILES string of the molecule is C=CC(=O)OCC[N+](C)(C)CCOC(=O)C(C#N)C#N. The molecule has 0 bridgehead atoms. The number of nitriles is 2. The van der Waals surface area contributed by atoms with Crippen LogP contribution in [0.2, 0.25) is 0 Å². The van der Waals surface area contributed by atoms with Crippen LogP contribution in [-0.2, 0) is 19.1 Å². The number of esters is 2. The van der Waals surface area contributed by atoms with Gasteiger partial charge in [-0.05, 0) is 0 Å². The van der Waals surface area contributed by atoms with Crippen molar-refractivity contribution in [2.24, 2.45) is 5.92 Å². The third-order valence-corrected chi connectivity index (χ3v) is 2.54. The lowest BCUT2D eigenvalue weighted by Gasteiger charge is -2.29. The lowest BCUT2D eigenvalue weighted by atomic mass is 10.2. The van der Waals surface area contributed by atoms with Crippen molar-refractivity contribution in [2.45, 2.75) is 0 Å². The molecule has 0 N–H and O–H groups in total. The highest BCUT2D eigenvalue weighted by molar-refractivity contribution is 5.81. The zero-order valence-electron chi connectivity index (χ0n) is 11.7. The Morgan fingerprint density at radius 1 is 1.20 bits per heavy atom. The van der Waals surface area contributed by atoms with Gasteiger partial charge in [-0.15, -0.1) is 0 Å². The van der Waals surface area contributed by atoms with Crippen LogP contribution >= 0.6 is 0 Å². The third kappa shape index (κ3) is 7.14. The molecule has 0 aromatic rings. The summed E-state index contributed by atoms with van der Waals surface area (Å²) in [4.78, 5) is 22.1. The van der Waals surface area contributed by atoms with Gasteiger partial charge >= 0.3 is 11.9 Å². The maximum absolute atomic E-state index is 11.3. The monoisotopic (exact) mass is 280 g/mol. The Labute approximate surface area is 118 Å². The first-order chi connectivity index (χ1) is 9.36. The summed E-state index contributed by atoms with van der Waals surface area (Å²) in [6, 6.07) is 3.09. The van der Waals surface area contributed by atoms with Gasteiger partial charge in [-0.2, -0.15) is 10.5 Å². The normalized spacial score (nSPS) is 10.2.